The fraction of sp³-hybridized carbons (Fsp3) is 0.222. The van der Waals surface area contributed by atoms with Gasteiger partial charge in [-0.25, -0.2) is 0 Å². The van der Waals surface area contributed by atoms with Crippen molar-refractivity contribution in [2.75, 3.05) is 0 Å². The van der Waals surface area contributed by atoms with Crippen molar-refractivity contribution in [2.24, 2.45) is 0 Å². The van der Waals surface area contributed by atoms with E-state index in [1.807, 2.05) is 25.1 Å². The highest BCUT2D eigenvalue weighted by Gasteiger charge is 2.15. The molecule has 0 aromatic heterocycles. The van der Waals surface area contributed by atoms with Crippen molar-refractivity contribution in [2.45, 2.75) is 13.3 Å². The van der Waals surface area contributed by atoms with E-state index in [2.05, 4.69) is 5.48 Å². The van der Waals surface area contributed by atoms with Crippen LogP contribution >= 0.6 is 0 Å². The van der Waals surface area contributed by atoms with Crippen LogP contribution in [0.3, 0.4) is 0 Å². The minimum atomic E-state index is -0.0897. The first kappa shape index (κ1) is 7.16. The standard InChI is InChI=1S/C9H9NO2/c1-6-2-3-8-7(4-6)5-9(11)10-12-8/h2-4H,5H2,1H3,(H,10,11). The van der Waals surface area contributed by atoms with Crippen molar-refractivity contribution in [1.82, 2.24) is 5.48 Å². The molecule has 0 saturated heterocycles. The fourth-order valence-corrected chi connectivity index (χ4v) is 1.27. The van der Waals surface area contributed by atoms with Crippen LogP contribution in [0.15, 0.2) is 18.2 Å². The Hall–Kier alpha value is -1.51. The Balaban J connectivity index is 2.44. The van der Waals surface area contributed by atoms with Gasteiger partial charge in [0.15, 0.2) is 5.75 Å². The van der Waals surface area contributed by atoms with Crippen molar-refractivity contribution in [1.29, 1.82) is 0 Å². The molecule has 0 radical (unpaired) electrons. The summed E-state index contributed by atoms with van der Waals surface area (Å²) in [7, 11) is 0. The van der Waals surface area contributed by atoms with Crippen LogP contribution in [0.4, 0.5) is 0 Å². The molecule has 3 nitrogen and oxygen atoms in total. The number of carbonyl (C=O) groups is 1. The zero-order chi connectivity index (χ0) is 8.55. The number of hydroxylamine groups is 1. The van der Waals surface area contributed by atoms with Gasteiger partial charge in [0.05, 0.1) is 6.42 Å². The highest BCUT2D eigenvalue weighted by Crippen LogP contribution is 2.22. The number of nitrogens with one attached hydrogen (secondary N) is 1. The molecular weight excluding hydrogens is 154 g/mol. The number of aryl methyl sites for hydroxylation is 1. The summed E-state index contributed by atoms with van der Waals surface area (Å²) < 4.78 is 0. The molecule has 1 N–H and O–H groups in total. The molecule has 1 aromatic rings. The molecule has 1 amide bonds. The van der Waals surface area contributed by atoms with E-state index in [4.69, 9.17) is 4.84 Å². The summed E-state index contributed by atoms with van der Waals surface area (Å²) in [5.74, 6) is 0.660. The van der Waals surface area contributed by atoms with E-state index in [0.717, 1.165) is 16.9 Å². The third-order valence-electron chi connectivity index (χ3n) is 1.84. The highest BCUT2D eigenvalue weighted by molar-refractivity contribution is 5.80. The predicted octanol–water partition coefficient (Wildman–Crippen LogP) is 0.961. The number of rotatable bonds is 0. The van der Waals surface area contributed by atoms with Gasteiger partial charge >= 0.3 is 0 Å². The van der Waals surface area contributed by atoms with Crippen molar-refractivity contribution < 1.29 is 9.63 Å². The summed E-state index contributed by atoms with van der Waals surface area (Å²) in [6, 6.07) is 5.79. The number of fused-ring (bicyclic) bond motifs is 1. The van der Waals surface area contributed by atoms with Gasteiger partial charge in [-0.3, -0.25) is 4.79 Å². The molecule has 12 heavy (non-hydrogen) atoms. The molecule has 62 valence electrons. The third kappa shape index (κ3) is 1.13. The number of carbonyl (C=O) groups excluding carboxylic acids is 1. The normalized spacial score (nSPS) is 14.6. The van der Waals surface area contributed by atoms with Gasteiger partial charge in [-0.2, -0.15) is 5.48 Å². The second-order valence-electron chi connectivity index (χ2n) is 2.92. The van der Waals surface area contributed by atoms with E-state index < -0.39 is 0 Å². The second kappa shape index (κ2) is 2.52. The summed E-state index contributed by atoms with van der Waals surface area (Å²) >= 11 is 0. The third-order valence-corrected chi connectivity index (χ3v) is 1.84. The van der Waals surface area contributed by atoms with Crippen molar-refractivity contribution in [3.63, 3.8) is 0 Å². The van der Waals surface area contributed by atoms with Crippen LogP contribution in [0.25, 0.3) is 0 Å². The van der Waals surface area contributed by atoms with Crippen LogP contribution in [0.5, 0.6) is 5.75 Å². The minimum absolute atomic E-state index is 0.0897. The van der Waals surface area contributed by atoms with Gasteiger partial charge in [0.25, 0.3) is 5.91 Å². The summed E-state index contributed by atoms with van der Waals surface area (Å²) in [5, 5.41) is 0. The summed E-state index contributed by atoms with van der Waals surface area (Å²) in [5.41, 5.74) is 4.42. The van der Waals surface area contributed by atoms with Crippen LogP contribution in [0, 0.1) is 6.92 Å². The zero-order valence-corrected chi connectivity index (χ0v) is 6.76. The van der Waals surface area contributed by atoms with Crippen LogP contribution in [0.2, 0.25) is 0 Å². The lowest BCUT2D eigenvalue weighted by Gasteiger charge is -2.16. The topological polar surface area (TPSA) is 38.3 Å². The molecule has 0 spiro atoms. The van der Waals surface area contributed by atoms with Crippen LogP contribution < -0.4 is 10.3 Å². The lowest BCUT2D eigenvalue weighted by molar-refractivity contribution is -0.128. The number of hydrogen-bond donors (Lipinski definition) is 1. The maximum atomic E-state index is 10.9. The number of benzene rings is 1. The van der Waals surface area contributed by atoms with Crippen LogP contribution in [-0.2, 0) is 11.2 Å². The second-order valence-corrected chi connectivity index (χ2v) is 2.92. The van der Waals surface area contributed by atoms with E-state index >= 15 is 0 Å². The van der Waals surface area contributed by atoms with E-state index in [1.165, 1.54) is 0 Å². The first-order valence-electron chi connectivity index (χ1n) is 3.81. The molecule has 0 fully saturated rings. The van der Waals surface area contributed by atoms with E-state index in [0.29, 0.717) is 6.42 Å². The summed E-state index contributed by atoms with van der Waals surface area (Å²) in [6.07, 6.45) is 0.414. The quantitative estimate of drug-likeness (QED) is 0.618. The predicted molar refractivity (Wildman–Crippen MR) is 43.7 cm³/mol. The maximum Gasteiger partial charge on any atom is 0.257 e. The number of amides is 1. The molecule has 2 rings (SSSR count). The minimum Gasteiger partial charge on any atom is -0.379 e. The van der Waals surface area contributed by atoms with Crippen molar-refractivity contribution >= 4 is 5.91 Å². The molecule has 1 aliphatic rings. The molecule has 0 unspecified atom stereocenters. The lowest BCUT2D eigenvalue weighted by atomic mass is 10.1. The lowest BCUT2D eigenvalue weighted by Crippen LogP contribution is -2.33. The van der Waals surface area contributed by atoms with Gasteiger partial charge < -0.3 is 4.84 Å². The van der Waals surface area contributed by atoms with E-state index in [-0.39, 0.29) is 5.91 Å². The Labute approximate surface area is 70.3 Å². The largest absolute Gasteiger partial charge is 0.379 e. The molecule has 0 saturated carbocycles. The average Bonchev–Trinajstić information content (AvgIpc) is 2.03. The maximum absolute atomic E-state index is 10.9. The molecule has 1 heterocycles. The Morgan fingerprint density at radius 2 is 2.33 bits per heavy atom. The Kier molecular flexibility index (Phi) is 1.50. The summed E-state index contributed by atoms with van der Waals surface area (Å²) in [6.45, 7) is 1.99. The highest BCUT2D eigenvalue weighted by atomic mass is 16.7. The van der Waals surface area contributed by atoms with Gasteiger partial charge in [-0.1, -0.05) is 17.7 Å². The van der Waals surface area contributed by atoms with E-state index in [1.54, 1.807) is 0 Å². The Morgan fingerprint density at radius 1 is 1.50 bits per heavy atom. The monoisotopic (exact) mass is 163 g/mol. The molecular formula is C9H9NO2. The van der Waals surface area contributed by atoms with E-state index in [9.17, 15) is 4.79 Å². The Morgan fingerprint density at radius 3 is 3.17 bits per heavy atom. The molecule has 1 aliphatic heterocycles. The molecule has 0 atom stereocenters. The first-order chi connectivity index (χ1) is 5.75. The van der Waals surface area contributed by atoms with Crippen molar-refractivity contribution in [3.05, 3.63) is 29.3 Å². The van der Waals surface area contributed by atoms with Crippen molar-refractivity contribution in [3.8, 4) is 5.75 Å². The number of hydrogen-bond acceptors (Lipinski definition) is 2. The van der Waals surface area contributed by atoms with Gasteiger partial charge in [0.2, 0.25) is 0 Å². The zero-order valence-electron chi connectivity index (χ0n) is 6.76. The Bertz CT molecular complexity index is 333. The molecule has 3 heteroatoms. The van der Waals surface area contributed by atoms with Gasteiger partial charge in [0, 0.05) is 5.56 Å². The SMILES string of the molecule is Cc1ccc2c(c1)CC(=O)NO2. The molecule has 1 aromatic carbocycles. The van der Waals surface area contributed by atoms with Gasteiger partial charge in [-0.15, -0.1) is 0 Å². The van der Waals surface area contributed by atoms with Gasteiger partial charge in [0.1, 0.15) is 0 Å². The smallest absolute Gasteiger partial charge is 0.257 e. The average molecular weight is 163 g/mol. The molecule has 0 bridgehead atoms. The van der Waals surface area contributed by atoms with Gasteiger partial charge in [-0.05, 0) is 13.0 Å². The first-order valence-corrected chi connectivity index (χ1v) is 3.81. The summed E-state index contributed by atoms with van der Waals surface area (Å²) in [4.78, 5) is 15.9. The van der Waals surface area contributed by atoms with Crippen LogP contribution in [-0.4, -0.2) is 5.91 Å². The molecule has 0 aliphatic carbocycles. The van der Waals surface area contributed by atoms with Crippen LogP contribution in [0.1, 0.15) is 11.1 Å². The fourth-order valence-electron chi connectivity index (χ4n) is 1.27.